The van der Waals surface area contributed by atoms with Gasteiger partial charge in [-0.2, -0.15) is 8.42 Å². The number of hydrogen-bond acceptors (Lipinski definition) is 4. The molecule has 16 heavy (non-hydrogen) atoms. The highest BCUT2D eigenvalue weighted by molar-refractivity contribution is 7.85. The van der Waals surface area contributed by atoms with Gasteiger partial charge in [0.05, 0.1) is 5.69 Å². The number of hydrogen-bond donors (Lipinski definition) is 1. The van der Waals surface area contributed by atoms with Crippen molar-refractivity contribution in [3.8, 4) is 0 Å². The third-order valence-corrected chi connectivity index (χ3v) is 3.74. The number of anilines is 1. The molecule has 2 rings (SSSR count). The highest BCUT2D eigenvalue weighted by Gasteiger charge is 2.27. The van der Waals surface area contributed by atoms with Gasteiger partial charge in [0.1, 0.15) is 10.7 Å². The molecule has 88 valence electrons. The minimum atomic E-state index is -4.16. The maximum atomic E-state index is 11.0. The average Bonchev–Trinajstić information content (AvgIpc) is 2.97. The second-order valence-electron chi connectivity index (χ2n) is 4.07. The smallest absolute Gasteiger partial charge is 0.296 e. The number of pyridine rings is 1. The molecule has 1 aliphatic rings. The third-order valence-electron chi connectivity index (χ3n) is 2.76. The zero-order valence-corrected chi connectivity index (χ0v) is 10.0. The maximum absolute atomic E-state index is 11.0. The third kappa shape index (κ3) is 2.17. The second kappa shape index (κ2) is 3.71. The van der Waals surface area contributed by atoms with Crippen molar-refractivity contribution in [3.63, 3.8) is 0 Å². The molecule has 0 bridgehead atoms. The van der Waals surface area contributed by atoms with Crippen molar-refractivity contribution < 1.29 is 13.0 Å². The molecule has 0 unspecified atom stereocenters. The molecule has 0 radical (unpaired) electrons. The molecule has 1 heterocycles. The van der Waals surface area contributed by atoms with E-state index < -0.39 is 10.1 Å². The summed E-state index contributed by atoms with van der Waals surface area (Å²) >= 11 is 0. The molecule has 1 aromatic heterocycles. The van der Waals surface area contributed by atoms with Crippen molar-refractivity contribution in [3.05, 3.63) is 17.8 Å². The topological polar surface area (TPSA) is 70.5 Å². The van der Waals surface area contributed by atoms with Crippen LogP contribution in [0.15, 0.2) is 17.0 Å². The van der Waals surface area contributed by atoms with E-state index in [0.717, 1.165) is 18.7 Å². The van der Waals surface area contributed by atoms with Gasteiger partial charge in [-0.25, -0.2) is 4.98 Å². The standard InChI is InChI=1S/C10H14N2O3S/c1-7-9(16(13,14)15)5-6-10(11-7)12(2)8-3-4-8/h5-6,8H,3-4H2,1-2H3,(H,13,14,15). The molecule has 0 aromatic carbocycles. The molecular formula is C10H14N2O3S. The molecule has 1 saturated carbocycles. The molecule has 0 aliphatic heterocycles. The summed E-state index contributed by atoms with van der Waals surface area (Å²) in [5, 5.41) is 0. The van der Waals surface area contributed by atoms with Crippen LogP contribution in [0.1, 0.15) is 18.5 Å². The highest BCUT2D eigenvalue weighted by atomic mass is 32.2. The molecule has 5 nitrogen and oxygen atoms in total. The Balaban J connectivity index is 2.36. The SMILES string of the molecule is Cc1nc(N(C)C2CC2)ccc1S(=O)(=O)O. The normalized spacial score (nSPS) is 16.2. The van der Waals surface area contributed by atoms with E-state index in [4.69, 9.17) is 4.55 Å². The van der Waals surface area contributed by atoms with Crippen molar-refractivity contribution >= 4 is 15.9 Å². The Morgan fingerprint density at radius 2 is 2.06 bits per heavy atom. The summed E-state index contributed by atoms with van der Waals surface area (Å²) in [6, 6.07) is 3.53. The first kappa shape index (κ1) is 11.3. The number of aryl methyl sites for hydroxylation is 1. The zero-order chi connectivity index (χ0) is 11.9. The average molecular weight is 242 g/mol. The van der Waals surface area contributed by atoms with Crippen molar-refractivity contribution in [2.24, 2.45) is 0 Å². The van der Waals surface area contributed by atoms with E-state index in [1.54, 1.807) is 13.0 Å². The van der Waals surface area contributed by atoms with Crippen LogP contribution >= 0.6 is 0 Å². The molecule has 1 fully saturated rings. The van der Waals surface area contributed by atoms with Crippen molar-refractivity contribution in [2.45, 2.75) is 30.7 Å². The van der Waals surface area contributed by atoms with Crippen molar-refractivity contribution in [2.75, 3.05) is 11.9 Å². The van der Waals surface area contributed by atoms with E-state index in [9.17, 15) is 8.42 Å². The summed E-state index contributed by atoms with van der Waals surface area (Å²) in [6.45, 7) is 1.58. The Morgan fingerprint density at radius 1 is 1.44 bits per heavy atom. The van der Waals surface area contributed by atoms with Gasteiger partial charge in [-0.3, -0.25) is 4.55 Å². The van der Waals surface area contributed by atoms with Crippen LogP contribution < -0.4 is 4.90 Å². The lowest BCUT2D eigenvalue weighted by Crippen LogP contribution is -2.21. The second-order valence-corrected chi connectivity index (χ2v) is 5.46. The fourth-order valence-corrected chi connectivity index (χ4v) is 2.31. The van der Waals surface area contributed by atoms with Gasteiger partial charge in [-0.1, -0.05) is 0 Å². The molecule has 1 aliphatic carbocycles. The zero-order valence-electron chi connectivity index (χ0n) is 9.21. The largest absolute Gasteiger partial charge is 0.357 e. The lowest BCUT2D eigenvalue weighted by molar-refractivity contribution is 0.482. The first-order valence-corrected chi connectivity index (χ1v) is 6.51. The maximum Gasteiger partial charge on any atom is 0.296 e. The Kier molecular flexibility index (Phi) is 2.63. The van der Waals surface area contributed by atoms with Crippen molar-refractivity contribution in [1.29, 1.82) is 0 Å². The highest BCUT2D eigenvalue weighted by Crippen LogP contribution is 2.29. The minimum absolute atomic E-state index is 0.125. The van der Waals surface area contributed by atoms with Gasteiger partial charge in [0, 0.05) is 13.1 Å². The van der Waals surface area contributed by atoms with Crippen LogP contribution in [0.5, 0.6) is 0 Å². The van der Waals surface area contributed by atoms with E-state index in [0.29, 0.717) is 11.7 Å². The van der Waals surface area contributed by atoms with Crippen LogP contribution in [-0.2, 0) is 10.1 Å². The van der Waals surface area contributed by atoms with E-state index in [1.165, 1.54) is 6.07 Å². The summed E-state index contributed by atoms with van der Waals surface area (Å²) in [7, 11) is -2.22. The summed E-state index contributed by atoms with van der Waals surface area (Å²) in [4.78, 5) is 6.09. The van der Waals surface area contributed by atoms with Gasteiger partial charge in [0.25, 0.3) is 10.1 Å². The monoisotopic (exact) mass is 242 g/mol. The molecule has 1 aromatic rings. The lowest BCUT2D eigenvalue weighted by atomic mass is 10.3. The molecule has 0 spiro atoms. The summed E-state index contributed by atoms with van der Waals surface area (Å²) in [6.07, 6.45) is 2.30. The van der Waals surface area contributed by atoms with Crippen LogP contribution in [0.4, 0.5) is 5.82 Å². The fraction of sp³-hybridized carbons (Fsp3) is 0.500. The van der Waals surface area contributed by atoms with Gasteiger partial charge in [-0.05, 0) is 31.9 Å². The van der Waals surface area contributed by atoms with Gasteiger partial charge >= 0.3 is 0 Å². The van der Waals surface area contributed by atoms with Crippen LogP contribution in [0.2, 0.25) is 0 Å². The molecular weight excluding hydrogens is 228 g/mol. The molecule has 0 atom stereocenters. The Bertz CT molecular complexity index is 509. The van der Waals surface area contributed by atoms with Crippen LogP contribution in [0.3, 0.4) is 0 Å². The first-order valence-electron chi connectivity index (χ1n) is 5.07. The van der Waals surface area contributed by atoms with Crippen LogP contribution in [-0.4, -0.2) is 31.0 Å². The van der Waals surface area contributed by atoms with E-state index in [-0.39, 0.29) is 4.90 Å². The first-order chi connectivity index (χ1) is 7.39. The predicted molar refractivity (Wildman–Crippen MR) is 60.2 cm³/mol. The lowest BCUT2D eigenvalue weighted by Gasteiger charge is -2.18. The van der Waals surface area contributed by atoms with E-state index in [1.807, 2.05) is 11.9 Å². The Labute approximate surface area is 94.9 Å². The Hall–Kier alpha value is -1.14. The van der Waals surface area contributed by atoms with Gasteiger partial charge in [0.15, 0.2) is 0 Å². The predicted octanol–water partition coefficient (Wildman–Crippen LogP) is 1.24. The molecule has 1 N–H and O–H groups in total. The van der Waals surface area contributed by atoms with Gasteiger partial charge in [-0.15, -0.1) is 0 Å². The quantitative estimate of drug-likeness (QED) is 0.807. The minimum Gasteiger partial charge on any atom is -0.357 e. The number of aromatic nitrogens is 1. The fourth-order valence-electron chi connectivity index (χ4n) is 1.65. The molecule has 0 saturated heterocycles. The molecule has 6 heteroatoms. The summed E-state index contributed by atoms with van der Waals surface area (Å²) in [5.74, 6) is 0.743. The van der Waals surface area contributed by atoms with E-state index >= 15 is 0 Å². The summed E-state index contributed by atoms with van der Waals surface area (Å²) < 4.78 is 30.9. The van der Waals surface area contributed by atoms with Crippen molar-refractivity contribution in [1.82, 2.24) is 4.98 Å². The van der Waals surface area contributed by atoms with E-state index in [2.05, 4.69) is 4.98 Å². The van der Waals surface area contributed by atoms with Gasteiger partial charge in [0.2, 0.25) is 0 Å². The number of nitrogens with zero attached hydrogens (tertiary/aromatic N) is 2. The molecule has 0 amide bonds. The van der Waals surface area contributed by atoms with Crippen LogP contribution in [0, 0.1) is 6.92 Å². The summed E-state index contributed by atoms with van der Waals surface area (Å²) in [5.41, 5.74) is 0.326. The Morgan fingerprint density at radius 3 is 2.50 bits per heavy atom. The van der Waals surface area contributed by atoms with Gasteiger partial charge < -0.3 is 4.90 Å². The number of rotatable bonds is 3. The van der Waals surface area contributed by atoms with Crippen LogP contribution in [0.25, 0.3) is 0 Å².